The minimum atomic E-state index is -4.49. The smallest absolute Gasteiger partial charge is 0.422 e. The van der Waals surface area contributed by atoms with E-state index in [1.54, 1.807) is 36.5 Å². The van der Waals surface area contributed by atoms with E-state index in [2.05, 4.69) is 10.2 Å². The molecule has 0 unspecified atom stereocenters. The van der Waals surface area contributed by atoms with Gasteiger partial charge in [-0.05, 0) is 35.4 Å². The van der Waals surface area contributed by atoms with Crippen LogP contribution < -0.4 is 4.74 Å². The number of fused-ring (bicyclic) bond motifs is 1. The maximum atomic E-state index is 12.6. The normalized spacial score (nSPS) is 11.8. The van der Waals surface area contributed by atoms with Gasteiger partial charge in [0.05, 0.1) is 0 Å². The van der Waals surface area contributed by atoms with Gasteiger partial charge in [0.2, 0.25) is 0 Å². The van der Waals surface area contributed by atoms with Crippen molar-refractivity contribution in [2.45, 2.75) is 6.18 Å². The molecule has 2 aromatic carbocycles. The summed E-state index contributed by atoms with van der Waals surface area (Å²) in [7, 11) is 0. The fourth-order valence-corrected chi connectivity index (χ4v) is 3.28. The van der Waals surface area contributed by atoms with Gasteiger partial charge in [-0.15, -0.1) is 5.10 Å². The minimum absolute atomic E-state index is 0.256. The Morgan fingerprint density at radius 2 is 1.62 bits per heavy atom. The van der Waals surface area contributed by atoms with Crippen LogP contribution in [0.15, 0.2) is 60.8 Å². The highest BCUT2D eigenvalue weighted by Crippen LogP contribution is 2.37. The summed E-state index contributed by atoms with van der Waals surface area (Å²) >= 11 is 12.4. The van der Waals surface area contributed by atoms with E-state index in [0.29, 0.717) is 26.8 Å². The third kappa shape index (κ3) is 4.16. The number of benzene rings is 2. The Morgan fingerprint density at radius 1 is 0.897 bits per heavy atom. The van der Waals surface area contributed by atoms with Gasteiger partial charge in [-0.3, -0.25) is 4.40 Å². The van der Waals surface area contributed by atoms with Crippen molar-refractivity contribution in [3.05, 3.63) is 70.8 Å². The fraction of sp³-hybridized carbons (Fsp3) is 0.100. The van der Waals surface area contributed by atoms with E-state index in [0.717, 1.165) is 11.1 Å². The number of ether oxygens (including phenoxy) is 1. The molecule has 4 nitrogen and oxygen atoms in total. The van der Waals surface area contributed by atoms with Gasteiger partial charge in [-0.1, -0.05) is 58.6 Å². The molecule has 0 aliphatic carbocycles. The van der Waals surface area contributed by atoms with Crippen molar-refractivity contribution >= 4 is 28.8 Å². The zero-order chi connectivity index (χ0) is 20.6. The zero-order valence-electron chi connectivity index (χ0n) is 14.6. The number of hydrogen-bond donors (Lipinski definition) is 0. The Labute approximate surface area is 173 Å². The molecular weight excluding hydrogens is 426 g/mol. The highest BCUT2D eigenvalue weighted by Gasteiger charge is 2.29. The zero-order valence-corrected chi connectivity index (χ0v) is 16.1. The van der Waals surface area contributed by atoms with Crippen LogP contribution in [0.1, 0.15) is 0 Å². The summed E-state index contributed by atoms with van der Waals surface area (Å²) in [6, 6.07) is 15.8. The molecule has 148 valence electrons. The number of aromatic nitrogens is 3. The van der Waals surface area contributed by atoms with Crippen LogP contribution in [0, 0.1) is 0 Å². The Morgan fingerprint density at radius 3 is 2.31 bits per heavy atom. The van der Waals surface area contributed by atoms with Gasteiger partial charge in [0.25, 0.3) is 0 Å². The van der Waals surface area contributed by atoms with Gasteiger partial charge in [0.15, 0.2) is 12.3 Å². The van der Waals surface area contributed by atoms with Crippen molar-refractivity contribution in [2.24, 2.45) is 0 Å². The standard InChI is InChI=1S/C20H12Cl2F3N3O/c21-13-7-5-12(6-8-13)15-9-18-26-27-19(29-11-20(23,24)25)28(18)10-16(15)14-3-1-2-4-17(14)22/h1-10H,11H2. The van der Waals surface area contributed by atoms with Crippen LogP contribution in [0.4, 0.5) is 13.2 Å². The molecule has 29 heavy (non-hydrogen) atoms. The average molecular weight is 438 g/mol. The Balaban J connectivity index is 1.91. The molecule has 0 saturated carbocycles. The summed E-state index contributed by atoms with van der Waals surface area (Å²) in [4.78, 5) is 0. The van der Waals surface area contributed by atoms with Crippen LogP contribution in [-0.4, -0.2) is 27.4 Å². The lowest BCUT2D eigenvalue weighted by atomic mass is 9.96. The van der Waals surface area contributed by atoms with Gasteiger partial charge in [-0.25, -0.2) is 0 Å². The first-order chi connectivity index (χ1) is 13.8. The Kier molecular flexibility index (Phi) is 5.10. The summed E-state index contributed by atoms with van der Waals surface area (Å²) < 4.78 is 43.8. The van der Waals surface area contributed by atoms with Crippen molar-refractivity contribution in [3.63, 3.8) is 0 Å². The predicted octanol–water partition coefficient (Wildman–Crippen LogP) is 6.31. The molecule has 0 saturated heterocycles. The van der Waals surface area contributed by atoms with Crippen LogP contribution in [0.3, 0.4) is 0 Å². The van der Waals surface area contributed by atoms with Crippen LogP contribution in [0.2, 0.25) is 10.0 Å². The Hall–Kier alpha value is -2.77. The largest absolute Gasteiger partial charge is 0.454 e. The van der Waals surface area contributed by atoms with Crippen LogP contribution in [-0.2, 0) is 0 Å². The maximum Gasteiger partial charge on any atom is 0.422 e. The van der Waals surface area contributed by atoms with Crippen molar-refractivity contribution < 1.29 is 17.9 Å². The van der Waals surface area contributed by atoms with E-state index < -0.39 is 12.8 Å². The SMILES string of the molecule is FC(F)(F)COc1nnc2cc(-c3ccc(Cl)cc3)c(-c3ccccc3Cl)cn12. The first-order valence-electron chi connectivity index (χ1n) is 8.41. The molecule has 0 amide bonds. The lowest BCUT2D eigenvalue weighted by Crippen LogP contribution is -2.20. The molecule has 4 aromatic rings. The van der Waals surface area contributed by atoms with Gasteiger partial charge in [0.1, 0.15) is 0 Å². The molecule has 0 atom stereocenters. The second kappa shape index (κ2) is 7.57. The number of halogens is 5. The fourth-order valence-electron chi connectivity index (χ4n) is 2.92. The predicted molar refractivity (Wildman–Crippen MR) is 105 cm³/mol. The highest BCUT2D eigenvalue weighted by molar-refractivity contribution is 6.33. The molecule has 0 spiro atoms. The molecule has 0 aliphatic rings. The van der Waals surface area contributed by atoms with Crippen molar-refractivity contribution in [2.75, 3.05) is 6.61 Å². The van der Waals surface area contributed by atoms with Crippen molar-refractivity contribution in [1.82, 2.24) is 14.6 Å². The topological polar surface area (TPSA) is 39.4 Å². The first kappa shape index (κ1) is 19.5. The number of alkyl halides is 3. The van der Waals surface area contributed by atoms with Crippen LogP contribution >= 0.6 is 23.2 Å². The number of hydrogen-bond acceptors (Lipinski definition) is 3. The molecule has 9 heteroatoms. The van der Waals surface area contributed by atoms with Crippen molar-refractivity contribution in [1.29, 1.82) is 0 Å². The molecule has 4 rings (SSSR count). The van der Waals surface area contributed by atoms with Gasteiger partial charge >= 0.3 is 12.2 Å². The average Bonchev–Trinajstić information content (AvgIpc) is 3.08. The van der Waals surface area contributed by atoms with Crippen molar-refractivity contribution in [3.8, 4) is 28.3 Å². The number of nitrogens with zero attached hydrogens (tertiary/aromatic N) is 3. The van der Waals surface area contributed by atoms with Gasteiger partial charge in [-0.2, -0.15) is 13.2 Å². The van der Waals surface area contributed by atoms with E-state index in [1.165, 1.54) is 4.40 Å². The summed E-state index contributed by atoms with van der Waals surface area (Å²) in [6.45, 7) is -1.46. The highest BCUT2D eigenvalue weighted by atomic mass is 35.5. The molecule has 2 heterocycles. The second-order valence-corrected chi connectivity index (χ2v) is 7.05. The number of rotatable bonds is 4. The molecular formula is C20H12Cl2F3N3O. The summed E-state index contributed by atoms with van der Waals surface area (Å²) in [5, 5.41) is 8.76. The monoisotopic (exact) mass is 437 g/mol. The third-order valence-corrected chi connectivity index (χ3v) is 4.78. The molecule has 2 aromatic heterocycles. The van der Waals surface area contributed by atoms with Gasteiger partial charge in [0, 0.05) is 27.4 Å². The van der Waals surface area contributed by atoms with E-state index in [4.69, 9.17) is 27.9 Å². The lowest BCUT2D eigenvalue weighted by molar-refractivity contribution is -0.154. The minimum Gasteiger partial charge on any atom is -0.454 e. The summed E-state index contributed by atoms with van der Waals surface area (Å²) in [5.74, 6) is 0. The van der Waals surface area contributed by atoms with Crippen LogP contribution in [0.25, 0.3) is 27.9 Å². The van der Waals surface area contributed by atoms with E-state index in [1.807, 2.05) is 24.3 Å². The molecule has 0 bridgehead atoms. The number of pyridine rings is 1. The molecule has 0 fully saturated rings. The first-order valence-corrected chi connectivity index (χ1v) is 9.16. The molecule has 0 aliphatic heterocycles. The van der Waals surface area contributed by atoms with E-state index in [-0.39, 0.29) is 6.01 Å². The van der Waals surface area contributed by atoms with Crippen LogP contribution in [0.5, 0.6) is 6.01 Å². The van der Waals surface area contributed by atoms with Gasteiger partial charge < -0.3 is 4.74 Å². The lowest BCUT2D eigenvalue weighted by Gasteiger charge is -2.13. The quantitative estimate of drug-likeness (QED) is 0.375. The molecule has 0 radical (unpaired) electrons. The second-order valence-electron chi connectivity index (χ2n) is 6.20. The van der Waals surface area contributed by atoms with E-state index in [9.17, 15) is 13.2 Å². The maximum absolute atomic E-state index is 12.6. The third-order valence-electron chi connectivity index (χ3n) is 4.20. The molecule has 0 N–H and O–H groups in total. The Bertz CT molecular complexity index is 1170. The van der Waals surface area contributed by atoms with E-state index >= 15 is 0 Å². The summed E-state index contributed by atoms with van der Waals surface area (Å²) in [6.07, 6.45) is -2.87. The summed E-state index contributed by atoms with van der Waals surface area (Å²) in [5.41, 5.74) is 3.34.